The summed E-state index contributed by atoms with van der Waals surface area (Å²) in [7, 11) is 0. The molecule has 0 aliphatic carbocycles. The Morgan fingerprint density at radius 3 is 3.18 bits per heavy atom. The highest BCUT2D eigenvalue weighted by molar-refractivity contribution is 8.01. The molecule has 0 spiro atoms. The molecule has 0 radical (unpaired) electrons. The Kier molecular flexibility index (Phi) is 3.43. The van der Waals surface area contributed by atoms with Crippen molar-refractivity contribution in [3.8, 4) is 6.07 Å². The summed E-state index contributed by atoms with van der Waals surface area (Å²) in [5, 5.41) is 10.4. The maximum atomic E-state index is 8.38. The lowest BCUT2D eigenvalue weighted by Crippen LogP contribution is -2.19. The summed E-state index contributed by atoms with van der Waals surface area (Å²) >= 11 is 3.30. The van der Waals surface area contributed by atoms with E-state index in [-0.39, 0.29) is 6.04 Å². The highest BCUT2D eigenvalue weighted by atomic mass is 32.2. The maximum absolute atomic E-state index is 8.38. The van der Waals surface area contributed by atoms with Gasteiger partial charge in [-0.25, -0.2) is 0 Å². The van der Waals surface area contributed by atoms with Gasteiger partial charge in [0, 0.05) is 5.75 Å². The largest absolute Gasteiger partial charge is 0.315 e. The number of thiophene rings is 1. The zero-order valence-electron chi connectivity index (χ0n) is 5.86. The quantitative estimate of drug-likeness (QED) is 0.727. The SMILES string of the molecule is N#CC(N)CSc1cccs1. The summed E-state index contributed by atoms with van der Waals surface area (Å²) < 4.78 is 1.22. The first kappa shape index (κ1) is 8.60. The molecule has 1 aromatic rings. The normalized spacial score (nSPS) is 12.4. The summed E-state index contributed by atoms with van der Waals surface area (Å²) in [6.45, 7) is 0. The van der Waals surface area contributed by atoms with Gasteiger partial charge in [-0.15, -0.1) is 23.1 Å². The van der Waals surface area contributed by atoms with E-state index in [9.17, 15) is 0 Å². The van der Waals surface area contributed by atoms with Gasteiger partial charge in [0.1, 0.15) is 6.04 Å². The molecule has 0 saturated heterocycles. The van der Waals surface area contributed by atoms with E-state index < -0.39 is 0 Å². The van der Waals surface area contributed by atoms with Gasteiger partial charge in [-0.2, -0.15) is 5.26 Å². The molecule has 0 fully saturated rings. The zero-order chi connectivity index (χ0) is 8.10. The van der Waals surface area contributed by atoms with Crippen LogP contribution in [0.25, 0.3) is 0 Å². The van der Waals surface area contributed by atoms with Crippen LogP contribution in [0.15, 0.2) is 21.7 Å². The smallest absolute Gasteiger partial charge is 0.102 e. The second-order valence-electron chi connectivity index (χ2n) is 1.98. The summed E-state index contributed by atoms with van der Waals surface area (Å²) in [6, 6.07) is 5.66. The topological polar surface area (TPSA) is 49.8 Å². The van der Waals surface area contributed by atoms with Crippen molar-refractivity contribution in [3.63, 3.8) is 0 Å². The Balaban J connectivity index is 2.30. The molecule has 0 aliphatic heterocycles. The van der Waals surface area contributed by atoms with Gasteiger partial charge in [0.15, 0.2) is 0 Å². The van der Waals surface area contributed by atoms with Gasteiger partial charge < -0.3 is 5.73 Å². The van der Waals surface area contributed by atoms with Crippen LogP contribution >= 0.6 is 23.1 Å². The number of hydrogen-bond donors (Lipinski definition) is 1. The molecule has 0 saturated carbocycles. The van der Waals surface area contributed by atoms with Crippen LogP contribution in [0.4, 0.5) is 0 Å². The van der Waals surface area contributed by atoms with Crippen molar-refractivity contribution in [2.24, 2.45) is 5.73 Å². The van der Waals surface area contributed by atoms with E-state index in [0.717, 1.165) is 0 Å². The maximum Gasteiger partial charge on any atom is 0.102 e. The third kappa shape index (κ3) is 2.93. The molecule has 1 heterocycles. The van der Waals surface area contributed by atoms with Crippen LogP contribution in [-0.4, -0.2) is 11.8 Å². The number of nitriles is 1. The number of rotatable bonds is 3. The van der Waals surface area contributed by atoms with Crippen LogP contribution in [0.5, 0.6) is 0 Å². The summed E-state index contributed by atoms with van der Waals surface area (Å²) in [6.07, 6.45) is 0. The third-order valence-electron chi connectivity index (χ3n) is 1.07. The second-order valence-corrected chi connectivity index (χ2v) is 4.25. The molecule has 0 aromatic carbocycles. The van der Waals surface area contributed by atoms with E-state index >= 15 is 0 Å². The van der Waals surface area contributed by atoms with Crippen LogP contribution in [0.3, 0.4) is 0 Å². The van der Waals surface area contributed by atoms with E-state index in [2.05, 4.69) is 0 Å². The molecule has 4 heteroatoms. The molecular weight excluding hydrogens is 176 g/mol. The minimum Gasteiger partial charge on any atom is -0.315 e. The van der Waals surface area contributed by atoms with E-state index in [0.29, 0.717) is 5.75 Å². The molecule has 1 unspecified atom stereocenters. The first-order valence-corrected chi connectivity index (χ1v) is 5.01. The first-order valence-electron chi connectivity index (χ1n) is 3.14. The lowest BCUT2D eigenvalue weighted by atomic mass is 10.4. The van der Waals surface area contributed by atoms with Crippen molar-refractivity contribution in [3.05, 3.63) is 17.5 Å². The standard InChI is InChI=1S/C7H8N2S2/c8-4-6(9)5-11-7-2-1-3-10-7/h1-3,6H,5,9H2. The van der Waals surface area contributed by atoms with Gasteiger partial charge in [0.25, 0.3) is 0 Å². The van der Waals surface area contributed by atoms with Crippen LogP contribution in [0.1, 0.15) is 0 Å². The molecule has 0 bridgehead atoms. The van der Waals surface area contributed by atoms with Gasteiger partial charge in [-0.05, 0) is 11.4 Å². The minimum atomic E-state index is -0.345. The summed E-state index contributed by atoms with van der Waals surface area (Å²) in [4.78, 5) is 0. The van der Waals surface area contributed by atoms with Gasteiger partial charge in [-0.3, -0.25) is 0 Å². The molecule has 2 nitrogen and oxygen atoms in total. The molecular formula is C7H8N2S2. The molecule has 58 valence electrons. The van der Waals surface area contributed by atoms with Crippen LogP contribution in [0.2, 0.25) is 0 Å². The number of hydrogen-bond acceptors (Lipinski definition) is 4. The Hall–Kier alpha value is -0.500. The fourth-order valence-corrected chi connectivity index (χ4v) is 2.24. The molecule has 11 heavy (non-hydrogen) atoms. The number of nitrogens with two attached hydrogens (primary N) is 1. The molecule has 1 aromatic heterocycles. The minimum absolute atomic E-state index is 0.345. The highest BCUT2D eigenvalue weighted by Crippen LogP contribution is 2.23. The van der Waals surface area contributed by atoms with E-state index in [1.165, 1.54) is 4.21 Å². The average molecular weight is 184 g/mol. The van der Waals surface area contributed by atoms with Crippen LogP contribution in [-0.2, 0) is 0 Å². The number of nitrogens with zero attached hydrogens (tertiary/aromatic N) is 1. The fraction of sp³-hybridized carbons (Fsp3) is 0.286. The van der Waals surface area contributed by atoms with E-state index in [1.54, 1.807) is 23.1 Å². The lowest BCUT2D eigenvalue weighted by Gasteiger charge is -1.98. The Morgan fingerprint density at radius 1 is 1.82 bits per heavy atom. The van der Waals surface area contributed by atoms with Gasteiger partial charge in [0.2, 0.25) is 0 Å². The van der Waals surface area contributed by atoms with Gasteiger partial charge in [-0.1, -0.05) is 6.07 Å². The van der Waals surface area contributed by atoms with Crippen molar-refractivity contribution in [2.45, 2.75) is 10.3 Å². The molecule has 1 atom stereocenters. The van der Waals surface area contributed by atoms with Crippen LogP contribution < -0.4 is 5.73 Å². The summed E-state index contributed by atoms with van der Waals surface area (Å²) in [5.41, 5.74) is 5.41. The second kappa shape index (κ2) is 4.39. The predicted molar refractivity (Wildman–Crippen MR) is 48.6 cm³/mol. The van der Waals surface area contributed by atoms with Crippen molar-refractivity contribution >= 4 is 23.1 Å². The molecule has 2 N–H and O–H groups in total. The highest BCUT2D eigenvalue weighted by Gasteiger charge is 2.00. The van der Waals surface area contributed by atoms with Gasteiger partial charge in [0.05, 0.1) is 10.3 Å². The Labute approximate surface area is 74.0 Å². The third-order valence-corrected chi connectivity index (χ3v) is 3.32. The Morgan fingerprint density at radius 2 is 2.64 bits per heavy atom. The Bertz CT molecular complexity index is 237. The number of thioether (sulfide) groups is 1. The summed E-state index contributed by atoms with van der Waals surface area (Å²) in [5.74, 6) is 0.678. The van der Waals surface area contributed by atoms with Crippen molar-refractivity contribution < 1.29 is 0 Å². The van der Waals surface area contributed by atoms with Crippen LogP contribution in [0, 0.1) is 11.3 Å². The molecule has 1 rings (SSSR count). The predicted octanol–water partition coefficient (Wildman–Crippen LogP) is 1.69. The molecule has 0 aliphatic rings. The van der Waals surface area contributed by atoms with E-state index in [4.69, 9.17) is 11.0 Å². The first-order chi connectivity index (χ1) is 5.33. The monoisotopic (exact) mass is 184 g/mol. The van der Waals surface area contributed by atoms with E-state index in [1.807, 2.05) is 23.6 Å². The van der Waals surface area contributed by atoms with Crippen molar-refractivity contribution in [1.29, 1.82) is 5.26 Å². The lowest BCUT2D eigenvalue weighted by molar-refractivity contribution is 0.954. The zero-order valence-corrected chi connectivity index (χ0v) is 7.49. The average Bonchev–Trinajstić information content (AvgIpc) is 2.52. The van der Waals surface area contributed by atoms with Crippen molar-refractivity contribution in [2.75, 3.05) is 5.75 Å². The van der Waals surface area contributed by atoms with Gasteiger partial charge >= 0.3 is 0 Å². The molecule has 0 amide bonds. The fourth-order valence-electron chi connectivity index (χ4n) is 0.555. The van der Waals surface area contributed by atoms with Crippen molar-refractivity contribution in [1.82, 2.24) is 0 Å².